The van der Waals surface area contributed by atoms with E-state index in [0.29, 0.717) is 18.4 Å². The molecule has 2 atom stereocenters. The van der Waals surface area contributed by atoms with Crippen molar-refractivity contribution in [3.63, 3.8) is 0 Å². The number of benzene rings is 3. The molecule has 5 rings (SSSR count). The summed E-state index contributed by atoms with van der Waals surface area (Å²) >= 11 is 0. The van der Waals surface area contributed by atoms with Crippen molar-refractivity contribution in [1.82, 2.24) is 4.90 Å². The molecule has 3 aromatic rings. The van der Waals surface area contributed by atoms with Gasteiger partial charge in [-0.05, 0) is 59.9 Å². The Kier molecular flexibility index (Phi) is 5.71. The molecule has 0 spiro atoms. The van der Waals surface area contributed by atoms with Crippen LogP contribution in [0, 0.1) is 18.8 Å². The highest BCUT2D eigenvalue weighted by molar-refractivity contribution is 5.98. The van der Waals surface area contributed by atoms with Gasteiger partial charge in [0.2, 0.25) is 0 Å². The molecule has 3 nitrogen and oxygen atoms in total. The molecule has 0 radical (unpaired) electrons. The van der Waals surface area contributed by atoms with Gasteiger partial charge in [0.25, 0.3) is 0 Å². The summed E-state index contributed by atoms with van der Waals surface area (Å²) in [4.78, 5) is 15.4. The SMILES string of the molecule is Cc1ccccc1-c1cccc(C(=O)CN2CC3CC(O)(Cc4ccccc4)CC3C2)c1. The lowest BCUT2D eigenvalue weighted by Crippen LogP contribution is -2.34. The number of hydrogen-bond donors (Lipinski definition) is 1. The Labute approximate surface area is 190 Å². The van der Waals surface area contributed by atoms with Crippen molar-refractivity contribution in [2.75, 3.05) is 19.6 Å². The van der Waals surface area contributed by atoms with Crippen molar-refractivity contribution in [2.45, 2.75) is 31.8 Å². The monoisotopic (exact) mass is 425 g/mol. The highest BCUT2D eigenvalue weighted by atomic mass is 16.3. The summed E-state index contributed by atoms with van der Waals surface area (Å²) in [6.45, 7) is 4.38. The molecule has 2 aliphatic rings. The molecular weight excluding hydrogens is 394 g/mol. The summed E-state index contributed by atoms with van der Waals surface area (Å²) in [7, 11) is 0. The zero-order chi connectivity index (χ0) is 22.1. The van der Waals surface area contributed by atoms with Crippen molar-refractivity contribution in [2.24, 2.45) is 11.8 Å². The minimum absolute atomic E-state index is 0.181. The molecule has 2 fully saturated rings. The fourth-order valence-electron chi connectivity index (χ4n) is 5.86. The van der Waals surface area contributed by atoms with Crippen LogP contribution < -0.4 is 0 Å². The van der Waals surface area contributed by atoms with E-state index in [1.165, 1.54) is 16.7 Å². The Morgan fingerprint density at radius 3 is 2.34 bits per heavy atom. The standard InChI is InChI=1S/C29H31NO2/c1-21-8-5-6-13-27(21)23-11-7-12-24(14-23)28(31)20-30-18-25-16-29(32,17-26(25)19-30)15-22-9-3-2-4-10-22/h2-14,25-26,32H,15-20H2,1H3. The molecule has 1 saturated heterocycles. The summed E-state index contributed by atoms with van der Waals surface area (Å²) in [6, 6.07) is 26.6. The lowest BCUT2D eigenvalue weighted by molar-refractivity contribution is 0.0355. The van der Waals surface area contributed by atoms with E-state index in [9.17, 15) is 9.90 Å². The summed E-state index contributed by atoms with van der Waals surface area (Å²) < 4.78 is 0. The summed E-state index contributed by atoms with van der Waals surface area (Å²) in [6.07, 6.45) is 2.39. The number of carbonyl (C=O) groups excluding carboxylic acids is 1. The van der Waals surface area contributed by atoms with E-state index in [1.807, 2.05) is 48.5 Å². The number of aliphatic hydroxyl groups is 1. The van der Waals surface area contributed by atoms with Crippen LogP contribution in [0.15, 0.2) is 78.9 Å². The van der Waals surface area contributed by atoms with Crippen LogP contribution in [-0.2, 0) is 6.42 Å². The van der Waals surface area contributed by atoms with Crippen LogP contribution in [-0.4, -0.2) is 41.0 Å². The predicted octanol–water partition coefficient (Wildman–Crippen LogP) is 5.16. The lowest BCUT2D eigenvalue weighted by Gasteiger charge is -2.26. The van der Waals surface area contributed by atoms with Crippen LogP contribution in [0.25, 0.3) is 11.1 Å². The summed E-state index contributed by atoms with van der Waals surface area (Å²) in [5.41, 5.74) is 4.87. The fraction of sp³-hybridized carbons (Fsp3) is 0.345. The highest BCUT2D eigenvalue weighted by Gasteiger charge is 2.48. The van der Waals surface area contributed by atoms with E-state index in [2.05, 4.69) is 42.2 Å². The quantitative estimate of drug-likeness (QED) is 0.555. The average Bonchev–Trinajstić information content (AvgIpc) is 3.28. The smallest absolute Gasteiger partial charge is 0.176 e. The Balaban J connectivity index is 1.21. The number of Topliss-reactive ketones (excluding diaryl/α,β-unsaturated/α-hetero) is 1. The number of rotatable bonds is 6. The average molecular weight is 426 g/mol. The van der Waals surface area contributed by atoms with Gasteiger partial charge in [0.15, 0.2) is 5.78 Å². The molecule has 1 heterocycles. The second kappa shape index (κ2) is 8.65. The van der Waals surface area contributed by atoms with E-state index < -0.39 is 5.60 Å². The number of likely N-dealkylation sites (tertiary alicyclic amines) is 1. The maximum Gasteiger partial charge on any atom is 0.176 e. The number of fused-ring (bicyclic) bond motifs is 1. The first-order valence-electron chi connectivity index (χ1n) is 11.7. The Hall–Kier alpha value is -2.75. The largest absolute Gasteiger partial charge is 0.390 e. The van der Waals surface area contributed by atoms with Crippen molar-refractivity contribution >= 4 is 5.78 Å². The van der Waals surface area contributed by atoms with Gasteiger partial charge in [-0.2, -0.15) is 0 Å². The zero-order valence-corrected chi connectivity index (χ0v) is 18.7. The topological polar surface area (TPSA) is 40.5 Å². The molecule has 1 aliphatic heterocycles. The Morgan fingerprint density at radius 2 is 1.62 bits per heavy atom. The molecule has 3 heteroatoms. The van der Waals surface area contributed by atoms with Gasteiger partial charge in [-0.25, -0.2) is 0 Å². The van der Waals surface area contributed by atoms with E-state index >= 15 is 0 Å². The predicted molar refractivity (Wildman–Crippen MR) is 129 cm³/mol. The van der Waals surface area contributed by atoms with E-state index in [-0.39, 0.29) is 5.78 Å². The summed E-state index contributed by atoms with van der Waals surface area (Å²) in [5.74, 6) is 1.14. The molecule has 0 aromatic heterocycles. The molecule has 0 amide bonds. The van der Waals surface area contributed by atoms with Crippen molar-refractivity contribution in [1.29, 1.82) is 0 Å². The second-order valence-electron chi connectivity index (χ2n) is 9.83. The van der Waals surface area contributed by atoms with Crippen LogP contribution in [0.5, 0.6) is 0 Å². The van der Waals surface area contributed by atoms with Gasteiger partial charge < -0.3 is 5.11 Å². The van der Waals surface area contributed by atoms with Crippen molar-refractivity contribution in [3.05, 3.63) is 95.6 Å². The minimum atomic E-state index is -0.603. The molecule has 1 aliphatic carbocycles. The van der Waals surface area contributed by atoms with Crippen LogP contribution in [0.3, 0.4) is 0 Å². The van der Waals surface area contributed by atoms with Gasteiger partial charge in [-0.15, -0.1) is 0 Å². The molecule has 2 unspecified atom stereocenters. The van der Waals surface area contributed by atoms with Crippen LogP contribution in [0.4, 0.5) is 0 Å². The number of carbonyl (C=O) groups is 1. The van der Waals surface area contributed by atoms with E-state index in [4.69, 9.17) is 0 Å². The zero-order valence-electron chi connectivity index (χ0n) is 18.7. The van der Waals surface area contributed by atoms with Gasteiger partial charge in [0.1, 0.15) is 0 Å². The first-order chi connectivity index (χ1) is 15.5. The van der Waals surface area contributed by atoms with Gasteiger partial charge >= 0.3 is 0 Å². The minimum Gasteiger partial charge on any atom is -0.390 e. The number of hydrogen-bond acceptors (Lipinski definition) is 3. The van der Waals surface area contributed by atoms with E-state index in [0.717, 1.165) is 43.5 Å². The van der Waals surface area contributed by atoms with Gasteiger partial charge in [0.05, 0.1) is 12.1 Å². The molecule has 1 N–H and O–H groups in total. The number of nitrogens with zero attached hydrogens (tertiary/aromatic N) is 1. The number of ketones is 1. The summed E-state index contributed by atoms with van der Waals surface area (Å²) in [5, 5.41) is 11.2. The van der Waals surface area contributed by atoms with Gasteiger partial charge in [-0.1, -0.05) is 72.8 Å². The van der Waals surface area contributed by atoms with E-state index in [1.54, 1.807) is 0 Å². The fourth-order valence-corrected chi connectivity index (χ4v) is 5.86. The first kappa shape index (κ1) is 21.1. The lowest BCUT2D eigenvalue weighted by atomic mass is 9.91. The number of aryl methyl sites for hydroxylation is 1. The van der Waals surface area contributed by atoms with Crippen LogP contribution in [0.2, 0.25) is 0 Å². The van der Waals surface area contributed by atoms with Gasteiger partial charge in [0, 0.05) is 25.1 Å². The molecule has 0 bridgehead atoms. The normalized spacial score (nSPS) is 25.1. The van der Waals surface area contributed by atoms with Crippen molar-refractivity contribution < 1.29 is 9.90 Å². The van der Waals surface area contributed by atoms with Crippen molar-refractivity contribution in [3.8, 4) is 11.1 Å². The second-order valence-corrected chi connectivity index (χ2v) is 9.83. The van der Waals surface area contributed by atoms with Gasteiger partial charge in [-0.3, -0.25) is 9.69 Å². The highest BCUT2D eigenvalue weighted by Crippen LogP contribution is 2.45. The maximum atomic E-state index is 13.1. The Morgan fingerprint density at radius 1 is 0.938 bits per heavy atom. The third-order valence-electron chi connectivity index (χ3n) is 7.32. The Bertz CT molecular complexity index is 1090. The molecular formula is C29H31NO2. The molecule has 1 saturated carbocycles. The first-order valence-corrected chi connectivity index (χ1v) is 11.7. The molecule has 32 heavy (non-hydrogen) atoms. The van der Waals surface area contributed by atoms with Crippen LogP contribution >= 0.6 is 0 Å². The third kappa shape index (κ3) is 4.41. The molecule has 3 aromatic carbocycles. The third-order valence-corrected chi connectivity index (χ3v) is 7.32. The molecule has 164 valence electrons. The maximum absolute atomic E-state index is 13.1. The van der Waals surface area contributed by atoms with Crippen LogP contribution in [0.1, 0.15) is 34.3 Å².